The SMILES string of the molecule is Cc1nc(N2CCCCC2C)ncc1CO. The van der Waals surface area contributed by atoms with Gasteiger partial charge in [-0.2, -0.15) is 0 Å². The molecule has 2 heterocycles. The highest BCUT2D eigenvalue weighted by Crippen LogP contribution is 2.21. The lowest BCUT2D eigenvalue weighted by molar-refractivity contribution is 0.280. The van der Waals surface area contributed by atoms with Crippen LogP contribution in [0.4, 0.5) is 5.95 Å². The highest BCUT2D eigenvalue weighted by atomic mass is 16.3. The molecule has 1 fully saturated rings. The summed E-state index contributed by atoms with van der Waals surface area (Å²) in [5.74, 6) is 0.807. The van der Waals surface area contributed by atoms with E-state index in [2.05, 4.69) is 21.8 Å². The number of aliphatic hydroxyl groups is 1. The average molecular weight is 221 g/mol. The monoisotopic (exact) mass is 221 g/mol. The van der Waals surface area contributed by atoms with E-state index in [1.165, 1.54) is 19.3 Å². The predicted molar refractivity (Wildman–Crippen MR) is 63.4 cm³/mol. The van der Waals surface area contributed by atoms with Crippen LogP contribution in [0.25, 0.3) is 0 Å². The molecule has 0 spiro atoms. The van der Waals surface area contributed by atoms with Gasteiger partial charge in [-0.25, -0.2) is 9.97 Å². The van der Waals surface area contributed by atoms with Gasteiger partial charge in [0.05, 0.1) is 6.61 Å². The minimum absolute atomic E-state index is 0.0155. The number of aryl methyl sites for hydroxylation is 1. The maximum atomic E-state index is 9.08. The van der Waals surface area contributed by atoms with Gasteiger partial charge in [-0.3, -0.25) is 0 Å². The number of hydrogen-bond donors (Lipinski definition) is 1. The van der Waals surface area contributed by atoms with Crippen LogP contribution in [0.5, 0.6) is 0 Å². The smallest absolute Gasteiger partial charge is 0.225 e. The fraction of sp³-hybridized carbons (Fsp3) is 0.667. The van der Waals surface area contributed by atoms with Crippen molar-refractivity contribution in [3.8, 4) is 0 Å². The lowest BCUT2D eigenvalue weighted by Gasteiger charge is -2.33. The van der Waals surface area contributed by atoms with Crippen LogP contribution in [-0.2, 0) is 6.61 Å². The molecule has 0 saturated carbocycles. The molecule has 1 aliphatic rings. The highest BCUT2D eigenvalue weighted by molar-refractivity contribution is 5.34. The zero-order valence-electron chi connectivity index (χ0n) is 9.98. The topological polar surface area (TPSA) is 49.2 Å². The molecular weight excluding hydrogens is 202 g/mol. The molecule has 4 heteroatoms. The first-order chi connectivity index (χ1) is 7.72. The van der Waals surface area contributed by atoms with Crippen molar-refractivity contribution in [1.29, 1.82) is 0 Å². The summed E-state index contributed by atoms with van der Waals surface area (Å²) < 4.78 is 0. The van der Waals surface area contributed by atoms with Crippen molar-refractivity contribution in [3.63, 3.8) is 0 Å². The third-order valence-corrected chi connectivity index (χ3v) is 3.30. The summed E-state index contributed by atoms with van der Waals surface area (Å²) in [6.07, 6.45) is 5.46. The molecule has 1 aromatic heterocycles. The number of aromatic nitrogens is 2. The summed E-state index contributed by atoms with van der Waals surface area (Å²) in [5, 5.41) is 9.08. The van der Waals surface area contributed by atoms with Crippen LogP contribution in [0.2, 0.25) is 0 Å². The predicted octanol–water partition coefficient (Wildman–Crippen LogP) is 1.66. The van der Waals surface area contributed by atoms with Crippen LogP contribution in [0.15, 0.2) is 6.20 Å². The van der Waals surface area contributed by atoms with Crippen LogP contribution in [0.3, 0.4) is 0 Å². The minimum atomic E-state index is 0.0155. The van der Waals surface area contributed by atoms with Gasteiger partial charge in [0.15, 0.2) is 0 Å². The molecule has 0 aliphatic carbocycles. The first-order valence-electron chi connectivity index (χ1n) is 5.92. The van der Waals surface area contributed by atoms with E-state index in [9.17, 15) is 0 Å². The van der Waals surface area contributed by atoms with Crippen LogP contribution in [0, 0.1) is 6.92 Å². The van der Waals surface area contributed by atoms with Crippen molar-refractivity contribution in [2.75, 3.05) is 11.4 Å². The summed E-state index contributed by atoms with van der Waals surface area (Å²) in [6.45, 7) is 5.20. The van der Waals surface area contributed by atoms with Crippen molar-refractivity contribution in [3.05, 3.63) is 17.5 Å². The van der Waals surface area contributed by atoms with Gasteiger partial charge in [0.1, 0.15) is 0 Å². The number of hydrogen-bond acceptors (Lipinski definition) is 4. The molecule has 1 unspecified atom stereocenters. The quantitative estimate of drug-likeness (QED) is 0.825. The molecule has 0 bridgehead atoms. The summed E-state index contributed by atoms with van der Waals surface area (Å²) in [7, 11) is 0. The molecule has 1 atom stereocenters. The molecule has 1 saturated heterocycles. The van der Waals surface area contributed by atoms with Gasteiger partial charge in [-0.15, -0.1) is 0 Å². The Bertz CT molecular complexity index is 367. The van der Waals surface area contributed by atoms with Gasteiger partial charge in [-0.1, -0.05) is 0 Å². The lowest BCUT2D eigenvalue weighted by atomic mass is 10.0. The molecule has 0 amide bonds. The van der Waals surface area contributed by atoms with Crippen LogP contribution in [-0.4, -0.2) is 27.7 Å². The molecular formula is C12H19N3O. The second-order valence-electron chi connectivity index (χ2n) is 4.48. The first kappa shape index (κ1) is 11.3. The first-order valence-corrected chi connectivity index (χ1v) is 5.92. The Kier molecular flexibility index (Phi) is 3.39. The lowest BCUT2D eigenvalue weighted by Crippen LogP contribution is -2.38. The standard InChI is InChI=1S/C12H19N3O/c1-9-5-3-4-6-15(9)12-13-7-11(8-16)10(2)14-12/h7,9,16H,3-6,8H2,1-2H3. The average Bonchev–Trinajstić information content (AvgIpc) is 2.29. The van der Waals surface area contributed by atoms with Crippen LogP contribution < -0.4 is 4.90 Å². The summed E-state index contributed by atoms with van der Waals surface area (Å²) in [4.78, 5) is 11.1. The molecule has 88 valence electrons. The zero-order valence-corrected chi connectivity index (χ0v) is 9.98. The van der Waals surface area contributed by atoms with Crippen LogP contribution in [0.1, 0.15) is 37.4 Å². The maximum Gasteiger partial charge on any atom is 0.225 e. The Morgan fingerprint density at radius 2 is 2.31 bits per heavy atom. The van der Waals surface area contributed by atoms with Gasteiger partial charge in [0, 0.05) is 30.0 Å². The third kappa shape index (κ3) is 2.16. The van der Waals surface area contributed by atoms with E-state index in [-0.39, 0.29) is 6.61 Å². The fourth-order valence-corrected chi connectivity index (χ4v) is 2.17. The van der Waals surface area contributed by atoms with Gasteiger partial charge in [0.25, 0.3) is 0 Å². The Morgan fingerprint density at radius 1 is 1.50 bits per heavy atom. The number of aliphatic hydroxyl groups excluding tert-OH is 1. The van der Waals surface area contributed by atoms with Crippen molar-refractivity contribution < 1.29 is 5.11 Å². The third-order valence-electron chi connectivity index (χ3n) is 3.30. The van der Waals surface area contributed by atoms with E-state index in [1.54, 1.807) is 6.20 Å². The second kappa shape index (κ2) is 4.78. The van der Waals surface area contributed by atoms with Gasteiger partial charge >= 0.3 is 0 Å². The number of rotatable bonds is 2. The Hall–Kier alpha value is -1.16. The Labute approximate surface area is 96.3 Å². The van der Waals surface area contributed by atoms with Gasteiger partial charge in [-0.05, 0) is 33.1 Å². The molecule has 1 aliphatic heterocycles. The maximum absolute atomic E-state index is 9.08. The largest absolute Gasteiger partial charge is 0.392 e. The highest BCUT2D eigenvalue weighted by Gasteiger charge is 2.20. The van der Waals surface area contributed by atoms with Crippen molar-refractivity contribution in [2.24, 2.45) is 0 Å². The molecule has 0 radical (unpaired) electrons. The normalized spacial score (nSPS) is 21.2. The summed E-state index contributed by atoms with van der Waals surface area (Å²) in [5.41, 5.74) is 1.69. The number of anilines is 1. The molecule has 4 nitrogen and oxygen atoms in total. The Morgan fingerprint density at radius 3 is 2.94 bits per heavy atom. The van der Waals surface area contributed by atoms with Gasteiger partial charge in [0.2, 0.25) is 5.95 Å². The number of piperidine rings is 1. The zero-order chi connectivity index (χ0) is 11.5. The molecule has 1 N–H and O–H groups in total. The van der Waals surface area contributed by atoms with E-state index in [4.69, 9.17) is 5.11 Å². The van der Waals surface area contributed by atoms with E-state index < -0.39 is 0 Å². The second-order valence-corrected chi connectivity index (χ2v) is 4.48. The van der Waals surface area contributed by atoms with E-state index in [0.29, 0.717) is 6.04 Å². The van der Waals surface area contributed by atoms with Gasteiger partial charge < -0.3 is 10.0 Å². The van der Waals surface area contributed by atoms with E-state index in [1.807, 2.05) is 6.92 Å². The molecule has 1 aromatic rings. The molecule has 16 heavy (non-hydrogen) atoms. The fourth-order valence-electron chi connectivity index (χ4n) is 2.17. The van der Waals surface area contributed by atoms with E-state index in [0.717, 1.165) is 23.8 Å². The van der Waals surface area contributed by atoms with E-state index >= 15 is 0 Å². The van der Waals surface area contributed by atoms with Crippen molar-refractivity contribution in [1.82, 2.24) is 9.97 Å². The number of nitrogens with zero attached hydrogens (tertiary/aromatic N) is 3. The summed E-state index contributed by atoms with van der Waals surface area (Å²) in [6, 6.07) is 0.521. The van der Waals surface area contributed by atoms with Crippen molar-refractivity contribution in [2.45, 2.75) is 45.8 Å². The molecule has 0 aromatic carbocycles. The minimum Gasteiger partial charge on any atom is -0.392 e. The molecule has 2 rings (SSSR count). The summed E-state index contributed by atoms with van der Waals surface area (Å²) >= 11 is 0. The van der Waals surface area contributed by atoms with Crippen LogP contribution >= 0.6 is 0 Å². The van der Waals surface area contributed by atoms with Crippen molar-refractivity contribution >= 4 is 5.95 Å². The Balaban J connectivity index is 2.22.